The second kappa shape index (κ2) is 12.1. The number of carbonyl (C=O) groups excluding carboxylic acids is 1. The lowest BCUT2D eigenvalue weighted by atomic mass is 9.85. The molecule has 0 unspecified atom stereocenters. The number of benzene rings is 4. The van der Waals surface area contributed by atoms with Crippen molar-refractivity contribution in [3.63, 3.8) is 0 Å². The molecule has 43 heavy (non-hydrogen) atoms. The fraction of sp³-hybridized carbons (Fsp3) is 0.278. The molecule has 2 heterocycles. The fourth-order valence-electron chi connectivity index (χ4n) is 6.42. The SMILES string of the molecule is O=C(NCc1ccccc1)N1CCC(n2c(C3CC3)nc3ccc(C(c4ccc(Cl)cc4)c4ccc(Cl)cc4)cc32)CC1. The Morgan fingerprint density at radius 3 is 2.00 bits per heavy atom. The van der Waals surface area contributed by atoms with Crippen LogP contribution in [0.5, 0.6) is 0 Å². The molecule has 0 atom stereocenters. The van der Waals surface area contributed by atoms with Crippen LogP contribution in [0.3, 0.4) is 0 Å². The molecule has 218 valence electrons. The molecular formula is C36H34Cl2N4O. The van der Waals surface area contributed by atoms with Crippen LogP contribution in [0.4, 0.5) is 4.79 Å². The Bertz CT molecular complexity index is 1680. The van der Waals surface area contributed by atoms with Crippen molar-refractivity contribution in [2.24, 2.45) is 0 Å². The van der Waals surface area contributed by atoms with Gasteiger partial charge in [-0.1, -0.05) is 83.9 Å². The Balaban J connectivity index is 1.18. The molecule has 2 aliphatic rings. The molecule has 1 aromatic heterocycles. The van der Waals surface area contributed by atoms with E-state index in [9.17, 15) is 4.79 Å². The van der Waals surface area contributed by atoms with Crippen LogP contribution in [-0.4, -0.2) is 33.6 Å². The minimum atomic E-state index is 0.0104. The molecule has 7 rings (SSSR count). The Kier molecular flexibility index (Phi) is 7.85. The molecule has 1 aliphatic heterocycles. The molecule has 0 radical (unpaired) electrons. The number of nitrogens with one attached hydrogen (secondary N) is 1. The number of aromatic nitrogens is 2. The summed E-state index contributed by atoms with van der Waals surface area (Å²) in [6.07, 6.45) is 4.20. The maximum atomic E-state index is 13.0. The number of urea groups is 1. The summed E-state index contributed by atoms with van der Waals surface area (Å²) in [6, 6.07) is 33.4. The van der Waals surface area contributed by atoms with E-state index in [4.69, 9.17) is 28.2 Å². The lowest BCUT2D eigenvalue weighted by Gasteiger charge is -2.34. The summed E-state index contributed by atoms with van der Waals surface area (Å²) in [5.74, 6) is 1.75. The number of likely N-dealkylation sites (tertiary alicyclic amines) is 1. The third-order valence-corrected chi connectivity index (χ3v) is 9.33. The number of halogens is 2. The van der Waals surface area contributed by atoms with Crippen molar-refractivity contribution in [3.05, 3.63) is 135 Å². The molecule has 1 aliphatic carbocycles. The van der Waals surface area contributed by atoms with Crippen LogP contribution >= 0.6 is 23.2 Å². The van der Waals surface area contributed by atoms with Crippen molar-refractivity contribution in [1.29, 1.82) is 0 Å². The van der Waals surface area contributed by atoms with Crippen LogP contribution in [0.25, 0.3) is 11.0 Å². The summed E-state index contributed by atoms with van der Waals surface area (Å²) < 4.78 is 2.51. The molecular weight excluding hydrogens is 575 g/mol. The Morgan fingerprint density at radius 1 is 0.791 bits per heavy atom. The van der Waals surface area contributed by atoms with Crippen LogP contribution in [-0.2, 0) is 6.54 Å². The summed E-state index contributed by atoms with van der Waals surface area (Å²) >= 11 is 12.5. The van der Waals surface area contributed by atoms with Crippen LogP contribution in [0, 0.1) is 0 Å². The summed E-state index contributed by atoms with van der Waals surface area (Å²) in [5, 5.41) is 4.54. The summed E-state index contributed by atoms with van der Waals surface area (Å²) in [6.45, 7) is 2.00. The predicted octanol–water partition coefficient (Wildman–Crippen LogP) is 8.95. The number of hydrogen-bond donors (Lipinski definition) is 1. The quantitative estimate of drug-likeness (QED) is 0.187. The second-order valence-electron chi connectivity index (χ2n) is 11.8. The van der Waals surface area contributed by atoms with Crippen LogP contribution < -0.4 is 5.32 Å². The molecule has 5 nitrogen and oxygen atoms in total. The van der Waals surface area contributed by atoms with Gasteiger partial charge in [0.1, 0.15) is 5.82 Å². The zero-order valence-electron chi connectivity index (χ0n) is 23.9. The van der Waals surface area contributed by atoms with Gasteiger partial charge in [-0.25, -0.2) is 9.78 Å². The van der Waals surface area contributed by atoms with Gasteiger partial charge in [-0.05, 0) is 84.3 Å². The van der Waals surface area contributed by atoms with Gasteiger partial charge in [-0.2, -0.15) is 0 Å². The van der Waals surface area contributed by atoms with Gasteiger partial charge in [0.2, 0.25) is 0 Å². The molecule has 0 spiro atoms. The molecule has 5 aromatic rings. The van der Waals surface area contributed by atoms with Crippen LogP contribution in [0.15, 0.2) is 97.1 Å². The fourth-order valence-corrected chi connectivity index (χ4v) is 6.67. The number of hydrogen-bond acceptors (Lipinski definition) is 2. The van der Waals surface area contributed by atoms with E-state index in [1.165, 1.54) is 40.9 Å². The van der Waals surface area contributed by atoms with E-state index in [1.807, 2.05) is 59.5 Å². The van der Waals surface area contributed by atoms with Gasteiger partial charge in [0.15, 0.2) is 0 Å². The van der Waals surface area contributed by atoms with E-state index in [-0.39, 0.29) is 11.9 Å². The monoisotopic (exact) mass is 608 g/mol. The topological polar surface area (TPSA) is 50.2 Å². The van der Waals surface area contributed by atoms with Crippen molar-refractivity contribution in [2.45, 2.75) is 50.1 Å². The number of amides is 2. The minimum Gasteiger partial charge on any atom is -0.334 e. The number of fused-ring (bicyclic) bond motifs is 1. The highest BCUT2D eigenvalue weighted by Gasteiger charge is 2.34. The van der Waals surface area contributed by atoms with Gasteiger partial charge in [0.25, 0.3) is 0 Å². The van der Waals surface area contributed by atoms with Crippen LogP contribution in [0.1, 0.15) is 71.6 Å². The maximum absolute atomic E-state index is 13.0. The molecule has 2 fully saturated rings. The Labute approximate surface area is 262 Å². The molecule has 1 saturated carbocycles. The van der Waals surface area contributed by atoms with Gasteiger partial charge in [-0.15, -0.1) is 0 Å². The standard InChI is InChI=1S/C36H34Cl2N4O/c37-29-13-8-25(9-14-29)34(26-10-15-30(38)16-11-26)28-12-17-32-33(22-28)42(35(40-32)27-6-7-27)31-18-20-41(21-19-31)36(43)39-23-24-4-2-1-3-5-24/h1-5,8-17,22,27,31,34H,6-7,18-21,23H2,(H,39,43). The predicted molar refractivity (Wildman–Crippen MR) is 174 cm³/mol. The van der Waals surface area contributed by atoms with Crippen molar-refractivity contribution in [3.8, 4) is 0 Å². The van der Waals surface area contributed by atoms with Gasteiger partial charge in [0.05, 0.1) is 11.0 Å². The first-order valence-electron chi connectivity index (χ1n) is 15.1. The molecule has 7 heteroatoms. The molecule has 2 amide bonds. The van der Waals surface area contributed by atoms with Crippen molar-refractivity contribution in [2.75, 3.05) is 13.1 Å². The maximum Gasteiger partial charge on any atom is 0.317 e. The Hall–Kier alpha value is -3.80. The van der Waals surface area contributed by atoms with E-state index < -0.39 is 0 Å². The van der Waals surface area contributed by atoms with Crippen molar-refractivity contribution >= 4 is 40.3 Å². The zero-order valence-corrected chi connectivity index (χ0v) is 25.4. The van der Waals surface area contributed by atoms with Gasteiger partial charge in [0, 0.05) is 47.6 Å². The molecule has 1 N–H and O–H groups in total. The van der Waals surface area contributed by atoms with Gasteiger partial charge < -0.3 is 14.8 Å². The number of rotatable bonds is 7. The zero-order chi connectivity index (χ0) is 29.3. The molecule has 1 saturated heterocycles. The highest BCUT2D eigenvalue weighted by molar-refractivity contribution is 6.30. The highest BCUT2D eigenvalue weighted by Crippen LogP contribution is 2.44. The van der Waals surface area contributed by atoms with Crippen LogP contribution in [0.2, 0.25) is 10.0 Å². The van der Waals surface area contributed by atoms with E-state index >= 15 is 0 Å². The number of carbonyl (C=O) groups is 1. The first-order valence-corrected chi connectivity index (χ1v) is 15.9. The van der Waals surface area contributed by atoms with Gasteiger partial charge >= 0.3 is 6.03 Å². The average Bonchev–Trinajstić information content (AvgIpc) is 3.82. The molecule has 4 aromatic carbocycles. The lowest BCUT2D eigenvalue weighted by Crippen LogP contribution is -2.44. The van der Waals surface area contributed by atoms with Gasteiger partial charge in [-0.3, -0.25) is 0 Å². The van der Waals surface area contributed by atoms with Crippen molar-refractivity contribution < 1.29 is 4.79 Å². The summed E-state index contributed by atoms with van der Waals surface area (Å²) in [7, 11) is 0. The summed E-state index contributed by atoms with van der Waals surface area (Å²) in [5.41, 5.74) is 6.89. The largest absolute Gasteiger partial charge is 0.334 e. The normalized spacial score (nSPS) is 15.7. The van der Waals surface area contributed by atoms with E-state index in [0.717, 1.165) is 47.1 Å². The third kappa shape index (κ3) is 6.02. The van der Waals surface area contributed by atoms with E-state index in [0.29, 0.717) is 18.5 Å². The summed E-state index contributed by atoms with van der Waals surface area (Å²) in [4.78, 5) is 20.1. The van der Waals surface area contributed by atoms with E-state index in [2.05, 4.69) is 52.3 Å². The van der Waals surface area contributed by atoms with Crippen molar-refractivity contribution in [1.82, 2.24) is 19.8 Å². The minimum absolute atomic E-state index is 0.0104. The Morgan fingerprint density at radius 2 is 1.40 bits per heavy atom. The average molecular weight is 610 g/mol. The number of imidazole rings is 1. The second-order valence-corrected chi connectivity index (χ2v) is 12.6. The van der Waals surface area contributed by atoms with E-state index in [1.54, 1.807) is 0 Å². The lowest BCUT2D eigenvalue weighted by molar-refractivity contribution is 0.171. The number of nitrogens with zero attached hydrogens (tertiary/aromatic N) is 3. The third-order valence-electron chi connectivity index (χ3n) is 8.83. The highest BCUT2D eigenvalue weighted by atomic mass is 35.5. The number of piperidine rings is 1. The smallest absolute Gasteiger partial charge is 0.317 e. The first kappa shape index (κ1) is 28.0. The molecule has 0 bridgehead atoms. The first-order chi connectivity index (χ1) is 21.0.